The molecule has 1 fully saturated rings. The fraction of sp³-hybridized carbons (Fsp3) is 0.500. The van der Waals surface area contributed by atoms with Gasteiger partial charge >= 0.3 is 0 Å². The maximum atomic E-state index is 11.6. The third-order valence-electron chi connectivity index (χ3n) is 2.29. The molecule has 1 aromatic rings. The van der Waals surface area contributed by atoms with Gasteiger partial charge in [0.05, 0.1) is 10.7 Å². The summed E-state index contributed by atoms with van der Waals surface area (Å²) in [6.45, 7) is 0.820. The monoisotopic (exact) mass is 243 g/mol. The molecule has 0 N–H and O–H groups in total. The summed E-state index contributed by atoms with van der Waals surface area (Å²) in [6.07, 6.45) is 4.39. The molecule has 1 aromatic heterocycles. The molecule has 1 unspecified atom stereocenters. The maximum absolute atomic E-state index is 11.6. The lowest BCUT2D eigenvalue weighted by molar-refractivity contribution is -0.129. The summed E-state index contributed by atoms with van der Waals surface area (Å²) < 4.78 is 2.63. The number of nitrogens with zero attached hydrogens (tertiary/aromatic N) is 3. The summed E-state index contributed by atoms with van der Waals surface area (Å²) in [6, 6.07) is -0.101. The Kier molecular flexibility index (Phi) is 2.11. The molecule has 13 heavy (non-hydrogen) atoms. The fourth-order valence-corrected chi connectivity index (χ4v) is 1.84. The van der Waals surface area contributed by atoms with Crippen molar-refractivity contribution < 1.29 is 4.79 Å². The Bertz CT molecular complexity index is 336. The van der Waals surface area contributed by atoms with E-state index in [1.165, 1.54) is 0 Å². The SMILES string of the molecule is CN1CCC(n2cc(Br)cn2)C1=O. The number of rotatable bonds is 1. The van der Waals surface area contributed by atoms with E-state index in [4.69, 9.17) is 0 Å². The van der Waals surface area contributed by atoms with Crippen LogP contribution < -0.4 is 0 Å². The second kappa shape index (κ2) is 3.14. The van der Waals surface area contributed by atoms with Crippen molar-refractivity contribution in [1.29, 1.82) is 0 Å². The Morgan fingerprint density at radius 3 is 2.92 bits per heavy atom. The van der Waals surface area contributed by atoms with Gasteiger partial charge in [-0.3, -0.25) is 9.48 Å². The molecule has 1 atom stereocenters. The Balaban J connectivity index is 2.23. The third kappa shape index (κ3) is 1.48. The van der Waals surface area contributed by atoms with Crippen molar-refractivity contribution in [1.82, 2.24) is 14.7 Å². The standard InChI is InChI=1S/C8H10BrN3O/c1-11-3-2-7(8(11)13)12-5-6(9)4-10-12/h4-5,7H,2-3H2,1H3. The van der Waals surface area contributed by atoms with E-state index < -0.39 is 0 Å². The summed E-state index contributed by atoms with van der Waals surface area (Å²) in [5.74, 6) is 0.149. The molecule has 5 heteroatoms. The molecule has 4 nitrogen and oxygen atoms in total. The summed E-state index contributed by atoms with van der Waals surface area (Å²) in [5.41, 5.74) is 0. The largest absolute Gasteiger partial charge is 0.344 e. The van der Waals surface area contributed by atoms with E-state index in [0.29, 0.717) is 0 Å². The van der Waals surface area contributed by atoms with Gasteiger partial charge in [-0.25, -0.2) is 0 Å². The predicted octanol–water partition coefficient (Wildman–Crippen LogP) is 1.05. The van der Waals surface area contributed by atoms with Crippen LogP contribution in [-0.4, -0.2) is 34.2 Å². The second-order valence-corrected chi connectivity index (χ2v) is 4.12. The van der Waals surface area contributed by atoms with Crippen LogP contribution in [0.4, 0.5) is 0 Å². The van der Waals surface area contributed by atoms with Crippen molar-refractivity contribution in [3.63, 3.8) is 0 Å². The van der Waals surface area contributed by atoms with E-state index in [-0.39, 0.29) is 11.9 Å². The highest BCUT2D eigenvalue weighted by molar-refractivity contribution is 9.10. The molecular weight excluding hydrogens is 234 g/mol. The zero-order valence-corrected chi connectivity index (χ0v) is 8.86. The predicted molar refractivity (Wildman–Crippen MR) is 51.2 cm³/mol. The van der Waals surface area contributed by atoms with Crippen LogP contribution >= 0.6 is 15.9 Å². The Hall–Kier alpha value is -0.840. The minimum atomic E-state index is -0.101. The van der Waals surface area contributed by atoms with Crippen LogP contribution in [0.25, 0.3) is 0 Å². The molecule has 0 spiro atoms. The van der Waals surface area contributed by atoms with Crippen LogP contribution in [-0.2, 0) is 4.79 Å². The maximum Gasteiger partial charge on any atom is 0.247 e. The summed E-state index contributed by atoms with van der Waals surface area (Å²) in [5, 5.41) is 4.10. The van der Waals surface area contributed by atoms with Crippen LogP contribution in [0.2, 0.25) is 0 Å². The molecule has 0 radical (unpaired) electrons. The van der Waals surface area contributed by atoms with Crippen molar-refractivity contribution in [2.24, 2.45) is 0 Å². The van der Waals surface area contributed by atoms with E-state index >= 15 is 0 Å². The smallest absolute Gasteiger partial charge is 0.247 e. The average Bonchev–Trinajstić information content (AvgIpc) is 2.62. The van der Waals surface area contributed by atoms with E-state index in [2.05, 4.69) is 21.0 Å². The molecule has 1 aliphatic heterocycles. The Morgan fingerprint density at radius 2 is 2.46 bits per heavy atom. The molecule has 2 heterocycles. The van der Waals surface area contributed by atoms with Crippen LogP contribution in [0.3, 0.4) is 0 Å². The minimum Gasteiger partial charge on any atom is -0.344 e. The van der Waals surface area contributed by atoms with Crippen LogP contribution in [0, 0.1) is 0 Å². The Morgan fingerprint density at radius 1 is 1.69 bits per heavy atom. The van der Waals surface area contributed by atoms with Crippen molar-refractivity contribution in [2.75, 3.05) is 13.6 Å². The molecular formula is C8H10BrN3O. The van der Waals surface area contributed by atoms with Gasteiger partial charge in [0.2, 0.25) is 5.91 Å². The third-order valence-corrected chi connectivity index (χ3v) is 2.70. The normalized spacial score (nSPS) is 22.8. The summed E-state index contributed by atoms with van der Waals surface area (Å²) in [4.78, 5) is 13.3. The van der Waals surface area contributed by atoms with E-state index in [9.17, 15) is 4.79 Å². The fourth-order valence-electron chi connectivity index (χ4n) is 1.53. The van der Waals surface area contributed by atoms with E-state index in [0.717, 1.165) is 17.4 Å². The lowest BCUT2D eigenvalue weighted by atomic mass is 10.2. The highest BCUT2D eigenvalue weighted by atomic mass is 79.9. The van der Waals surface area contributed by atoms with E-state index in [1.807, 2.05) is 13.2 Å². The zero-order valence-electron chi connectivity index (χ0n) is 7.27. The summed E-state index contributed by atoms with van der Waals surface area (Å²) in [7, 11) is 1.82. The molecule has 0 aliphatic carbocycles. The summed E-state index contributed by atoms with van der Waals surface area (Å²) >= 11 is 3.31. The van der Waals surface area contributed by atoms with Crippen molar-refractivity contribution in [3.05, 3.63) is 16.9 Å². The second-order valence-electron chi connectivity index (χ2n) is 3.20. The number of carbonyl (C=O) groups is 1. The van der Waals surface area contributed by atoms with Gasteiger partial charge in [-0.15, -0.1) is 0 Å². The van der Waals surface area contributed by atoms with Gasteiger partial charge < -0.3 is 4.90 Å². The molecule has 70 valence electrons. The zero-order chi connectivity index (χ0) is 9.42. The van der Waals surface area contributed by atoms with Gasteiger partial charge in [0.1, 0.15) is 6.04 Å². The molecule has 0 bridgehead atoms. The number of hydrogen-bond donors (Lipinski definition) is 0. The molecule has 0 saturated carbocycles. The molecule has 1 saturated heterocycles. The number of halogens is 1. The van der Waals surface area contributed by atoms with Gasteiger partial charge in [0.25, 0.3) is 0 Å². The number of carbonyl (C=O) groups excluding carboxylic acids is 1. The lowest BCUT2D eigenvalue weighted by Crippen LogP contribution is -2.24. The lowest BCUT2D eigenvalue weighted by Gasteiger charge is -2.09. The first-order valence-electron chi connectivity index (χ1n) is 4.13. The van der Waals surface area contributed by atoms with Crippen LogP contribution in [0.1, 0.15) is 12.5 Å². The van der Waals surface area contributed by atoms with Gasteiger partial charge in [-0.05, 0) is 22.4 Å². The first-order chi connectivity index (χ1) is 6.18. The molecule has 0 aromatic carbocycles. The topological polar surface area (TPSA) is 38.1 Å². The van der Waals surface area contributed by atoms with E-state index in [1.54, 1.807) is 15.8 Å². The minimum absolute atomic E-state index is 0.101. The highest BCUT2D eigenvalue weighted by Gasteiger charge is 2.30. The highest BCUT2D eigenvalue weighted by Crippen LogP contribution is 2.22. The van der Waals surface area contributed by atoms with Crippen molar-refractivity contribution in [3.8, 4) is 0 Å². The van der Waals surface area contributed by atoms with Gasteiger partial charge in [0, 0.05) is 19.8 Å². The average molecular weight is 244 g/mol. The van der Waals surface area contributed by atoms with Gasteiger partial charge in [0.15, 0.2) is 0 Å². The number of hydrogen-bond acceptors (Lipinski definition) is 2. The molecule has 2 rings (SSSR count). The first-order valence-corrected chi connectivity index (χ1v) is 4.92. The number of aromatic nitrogens is 2. The molecule has 1 amide bonds. The first kappa shape index (κ1) is 8.74. The van der Waals surface area contributed by atoms with Crippen molar-refractivity contribution >= 4 is 21.8 Å². The Labute approximate surface area is 84.6 Å². The number of likely N-dealkylation sites (N-methyl/N-ethyl adjacent to an activating group) is 1. The van der Waals surface area contributed by atoms with Crippen LogP contribution in [0.15, 0.2) is 16.9 Å². The quantitative estimate of drug-likeness (QED) is 0.740. The van der Waals surface area contributed by atoms with Gasteiger partial charge in [-0.1, -0.05) is 0 Å². The van der Waals surface area contributed by atoms with Gasteiger partial charge in [-0.2, -0.15) is 5.10 Å². The van der Waals surface area contributed by atoms with Crippen molar-refractivity contribution in [2.45, 2.75) is 12.5 Å². The number of likely N-dealkylation sites (tertiary alicyclic amines) is 1. The number of amides is 1. The molecule has 1 aliphatic rings. The van der Waals surface area contributed by atoms with Crippen LogP contribution in [0.5, 0.6) is 0 Å².